The number of nitrogens with zero attached hydrogens (tertiary/aromatic N) is 1. The highest BCUT2D eigenvalue weighted by molar-refractivity contribution is 5.81. The van der Waals surface area contributed by atoms with Gasteiger partial charge in [0.05, 0.1) is 6.54 Å². The molecule has 2 nitrogen and oxygen atoms in total. The quantitative estimate of drug-likeness (QED) is 0.775. The fraction of sp³-hybridized carbons (Fsp3) is 0.500. The summed E-state index contributed by atoms with van der Waals surface area (Å²) in [5.74, 6) is 0.245. The van der Waals surface area contributed by atoms with E-state index in [1.807, 2.05) is 0 Å². The number of carbonyl (C=O) groups excluding carboxylic acids is 1. The molecule has 0 atom stereocenters. The Morgan fingerprint density at radius 2 is 2.25 bits per heavy atom. The van der Waals surface area contributed by atoms with Crippen molar-refractivity contribution in [2.75, 3.05) is 18.0 Å². The first-order valence-corrected chi connectivity index (χ1v) is 6.07. The molecule has 0 N–H and O–H groups in total. The van der Waals surface area contributed by atoms with Crippen LogP contribution in [0.4, 0.5) is 5.69 Å². The summed E-state index contributed by atoms with van der Waals surface area (Å²) in [5, 5.41) is 0. The molecule has 0 spiro atoms. The van der Waals surface area contributed by atoms with Crippen LogP contribution in [-0.2, 0) is 17.6 Å². The van der Waals surface area contributed by atoms with Gasteiger partial charge in [-0.15, -0.1) is 0 Å². The van der Waals surface area contributed by atoms with Gasteiger partial charge < -0.3 is 4.90 Å². The van der Waals surface area contributed by atoms with Crippen molar-refractivity contribution in [3.63, 3.8) is 0 Å². The molecule has 1 aromatic carbocycles. The van der Waals surface area contributed by atoms with Crippen molar-refractivity contribution in [3.05, 3.63) is 29.3 Å². The van der Waals surface area contributed by atoms with Gasteiger partial charge in [0.25, 0.3) is 0 Å². The molecule has 2 heteroatoms. The summed E-state index contributed by atoms with van der Waals surface area (Å²) in [6, 6.07) is 6.67. The number of hydrogen-bond acceptors (Lipinski definition) is 2. The average molecular weight is 217 g/mol. The molecule has 0 bridgehead atoms. The third kappa shape index (κ3) is 2.26. The highest BCUT2D eigenvalue weighted by Crippen LogP contribution is 2.28. The Labute approximate surface area is 97.3 Å². The van der Waals surface area contributed by atoms with Crippen molar-refractivity contribution in [2.24, 2.45) is 0 Å². The molecule has 1 heterocycles. The summed E-state index contributed by atoms with van der Waals surface area (Å²) in [6.07, 6.45) is 3.36. The predicted molar refractivity (Wildman–Crippen MR) is 67.0 cm³/mol. The molecule has 0 saturated carbocycles. The second-order valence-corrected chi connectivity index (χ2v) is 4.54. The summed E-state index contributed by atoms with van der Waals surface area (Å²) >= 11 is 0. The summed E-state index contributed by atoms with van der Waals surface area (Å²) in [6.45, 7) is 5.40. The normalized spacial score (nSPS) is 14.8. The van der Waals surface area contributed by atoms with Crippen LogP contribution in [0.2, 0.25) is 0 Å². The number of aryl methyl sites for hydroxylation is 2. The van der Waals surface area contributed by atoms with Crippen LogP contribution in [0.15, 0.2) is 18.2 Å². The second-order valence-electron chi connectivity index (χ2n) is 4.54. The lowest BCUT2D eigenvalue weighted by molar-refractivity contribution is -0.115. The highest BCUT2D eigenvalue weighted by atomic mass is 16.1. The number of anilines is 1. The summed E-state index contributed by atoms with van der Waals surface area (Å²) in [4.78, 5) is 13.5. The maximum atomic E-state index is 11.2. The zero-order valence-corrected chi connectivity index (χ0v) is 10.1. The lowest BCUT2D eigenvalue weighted by atomic mass is 9.98. The van der Waals surface area contributed by atoms with E-state index >= 15 is 0 Å². The number of carbonyl (C=O) groups is 1. The van der Waals surface area contributed by atoms with Crippen molar-refractivity contribution >= 4 is 11.5 Å². The van der Waals surface area contributed by atoms with Crippen LogP contribution >= 0.6 is 0 Å². The Morgan fingerprint density at radius 3 is 2.94 bits per heavy atom. The standard InChI is InChI=1S/C14H19NO/c1-3-12-6-7-13-5-4-8-15(10-11(2)16)14(13)9-12/h6-7,9H,3-5,8,10H2,1-2H3. The monoisotopic (exact) mass is 217 g/mol. The van der Waals surface area contributed by atoms with Crippen molar-refractivity contribution in [3.8, 4) is 0 Å². The molecule has 0 unspecified atom stereocenters. The molecule has 0 amide bonds. The highest BCUT2D eigenvalue weighted by Gasteiger charge is 2.17. The van der Waals surface area contributed by atoms with Crippen LogP contribution < -0.4 is 4.90 Å². The minimum atomic E-state index is 0.245. The van der Waals surface area contributed by atoms with E-state index < -0.39 is 0 Å². The van der Waals surface area contributed by atoms with Gasteiger partial charge in [-0.2, -0.15) is 0 Å². The molecule has 0 saturated heterocycles. The summed E-state index contributed by atoms with van der Waals surface area (Å²) in [7, 11) is 0. The zero-order chi connectivity index (χ0) is 11.5. The van der Waals surface area contributed by atoms with Crippen molar-refractivity contribution in [1.82, 2.24) is 0 Å². The van der Waals surface area contributed by atoms with Gasteiger partial charge >= 0.3 is 0 Å². The molecular weight excluding hydrogens is 198 g/mol. The fourth-order valence-corrected chi connectivity index (χ4v) is 2.35. The van der Waals surface area contributed by atoms with E-state index in [9.17, 15) is 4.79 Å². The van der Waals surface area contributed by atoms with E-state index in [-0.39, 0.29) is 5.78 Å². The number of ketones is 1. The van der Waals surface area contributed by atoms with Gasteiger partial charge in [0.15, 0.2) is 0 Å². The van der Waals surface area contributed by atoms with E-state index in [4.69, 9.17) is 0 Å². The van der Waals surface area contributed by atoms with Crippen LogP contribution in [0.3, 0.4) is 0 Å². The first-order valence-electron chi connectivity index (χ1n) is 6.07. The van der Waals surface area contributed by atoms with Crippen LogP contribution in [0.25, 0.3) is 0 Å². The van der Waals surface area contributed by atoms with Crippen molar-refractivity contribution < 1.29 is 4.79 Å². The van der Waals surface area contributed by atoms with Crippen LogP contribution in [0.1, 0.15) is 31.4 Å². The Balaban J connectivity index is 2.31. The van der Waals surface area contributed by atoms with Crippen molar-refractivity contribution in [1.29, 1.82) is 0 Å². The lowest BCUT2D eigenvalue weighted by Gasteiger charge is -2.30. The molecule has 1 aliphatic rings. The van der Waals surface area contributed by atoms with E-state index in [1.54, 1.807) is 6.92 Å². The average Bonchev–Trinajstić information content (AvgIpc) is 2.28. The van der Waals surface area contributed by atoms with Gasteiger partial charge in [-0.3, -0.25) is 4.79 Å². The van der Waals surface area contributed by atoms with Crippen molar-refractivity contribution in [2.45, 2.75) is 33.1 Å². The van der Waals surface area contributed by atoms with E-state index in [0.717, 1.165) is 25.8 Å². The predicted octanol–water partition coefficient (Wildman–Crippen LogP) is 2.59. The molecule has 0 aromatic heterocycles. The molecule has 0 fully saturated rings. The largest absolute Gasteiger partial charge is 0.364 e. The first kappa shape index (κ1) is 11.2. The number of fused-ring (bicyclic) bond motifs is 1. The van der Waals surface area contributed by atoms with Crippen LogP contribution in [-0.4, -0.2) is 18.9 Å². The van der Waals surface area contributed by atoms with Gasteiger partial charge in [0.1, 0.15) is 5.78 Å². The van der Waals surface area contributed by atoms with Gasteiger partial charge in [-0.1, -0.05) is 19.1 Å². The molecule has 16 heavy (non-hydrogen) atoms. The molecule has 1 aromatic rings. The minimum absolute atomic E-state index is 0.245. The van der Waals surface area contributed by atoms with E-state index in [2.05, 4.69) is 30.0 Å². The maximum Gasteiger partial charge on any atom is 0.149 e. The Morgan fingerprint density at radius 1 is 1.44 bits per heavy atom. The summed E-state index contributed by atoms with van der Waals surface area (Å²) in [5.41, 5.74) is 4.03. The van der Waals surface area contributed by atoms with Gasteiger partial charge in [-0.25, -0.2) is 0 Å². The van der Waals surface area contributed by atoms with E-state index in [0.29, 0.717) is 6.54 Å². The van der Waals surface area contributed by atoms with E-state index in [1.165, 1.54) is 16.8 Å². The third-order valence-electron chi connectivity index (χ3n) is 3.19. The molecule has 0 radical (unpaired) electrons. The number of hydrogen-bond donors (Lipinski definition) is 0. The second kappa shape index (κ2) is 4.69. The molecule has 1 aliphatic heterocycles. The first-order chi connectivity index (χ1) is 7.70. The lowest BCUT2D eigenvalue weighted by Crippen LogP contribution is -2.33. The van der Waals surface area contributed by atoms with Crippen LogP contribution in [0, 0.1) is 0 Å². The van der Waals surface area contributed by atoms with Gasteiger partial charge in [-0.05, 0) is 43.4 Å². The minimum Gasteiger partial charge on any atom is -0.364 e. The smallest absolute Gasteiger partial charge is 0.149 e. The molecule has 0 aliphatic carbocycles. The Hall–Kier alpha value is -1.31. The number of Topliss-reactive ketones (excluding diaryl/α,β-unsaturated/α-hetero) is 1. The molecular formula is C14H19NO. The molecule has 2 rings (SSSR count). The Kier molecular flexibility index (Phi) is 3.28. The van der Waals surface area contributed by atoms with Gasteiger partial charge in [0, 0.05) is 12.2 Å². The third-order valence-corrected chi connectivity index (χ3v) is 3.19. The summed E-state index contributed by atoms with van der Waals surface area (Å²) < 4.78 is 0. The topological polar surface area (TPSA) is 20.3 Å². The SMILES string of the molecule is CCc1ccc2c(c1)N(CC(C)=O)CCC2. The van der Waals surface area contributed by atoms with Gasteiger partial charge in [0.2, 0.25) is 0 Å². The zero-order valence-electron chi connectivity index (χ0n) is 10.1. The number of benzene rings is 1. The number of rotatable bonds is 3. The van der Waals surface area contributed by atoms with Crippen LogP contribution in [0.5, 0.6) is 0 Å². The maximum absolute atomic E-state index is 11.2. The molecule has 86 valence electrons. The Bertz CT molecular complexity index is 398. The fourth-order valence-electron chi connectivity index (χ4n) is 2.35.